The summed E-state index contributed by atoms with van der Waals surface area (Å²) in [6.07, 6.45) is 0. The SMILES string of the molecule is COc1ccc(NC(=O)NOCC(=O)O)cc1F. The van der Waals surface area contributed by atoms with Gasteiger partial charge in [0.15, 0.2) is 18.2 Å². The summed E-state index contributed by atoms with van der Waals surface area (Å²) in [5.41, 5.74) is 2.00. The Morgan fingerprint density at radius 3 is 2.72 bits per heavy atom. The number of benzene rings is 1. The number of methoxy groups -OCH3 is 1. The van der Waals surface area contributed by atoms with Gasteiger partial charge < -0.3 is 15.2 Å². The molecular weight excluding hydrogens is 247 g/mol. The van der Waals surface area contributed by atoms with Crippen LogP contribution in [-0.4, -0.2) is 30.8 Å². The summed E-state index contributed by atoms with van der Waals surface area (Å²) >= 11 is 0. The van der Waals surface area contributed by atoms with Crippen molar-refractivity contribution in [2.24, 2.45) is 0 Å². The van der Waals surface area contributed by atoms with Crippen LogP contribution >= 0.6 is 0 Å². The van der Waals surface area contributed by atoms with Crippen LogP contribution in [0.3, 0.4) is 0 Å². The van der Waals surface area contributed by atoms with Gasteiger partial charge in [-0.25, -0.2) is 19.5 Å². The zero-order chi connectivity index (χ0) is 13.5. The van der Waals surface area contributed by atoms with E-state index in [1.54, 1.807) is 0 Å². The molecular formula is C10H11FN2O5. The summed E-state index contributed by atoms with van der Waals surface area (Å²) in [5, 5.41) is 10.5. The summed E-state index contributed by atoms with van der Waals surface area (Å²) in [4.78, 5) is 25.6. The van der Waals surface area contributed by atoms with Crippen LogP contribution in [0.1, 0.15) is 0 Å². The smallest absolute Gasteiger partial charge is 0.343 e. The van der Waals surface area contributed by atoms with Gasteiger partial charge in [0, 0.05) is 11.8 Å². The Morgan fingerprint density at radius 2 is 2.17 bits per heavy atom. The lowest BCUT2D eigenvalue weighted by molar-refractivity contribution is -0.143. The summed E-state index contributed by atoms with van der Waals surface area (Å²) in [7, 11) is 1.32. The highest BCUT2D eigenvalue weighted by Crippen LogP contribution is 2.20. The van der Waals surface area contributed by atoms with E-state index in [0.717, 1.165) is 6.07 Å². The highest BCUT2D eigenvalue weighted by atomic mass is 19.1. The van der Waals surface area contributed by atoms with Crippen molar-refractivity contribution < 1.29 is 28.7 Å². The zero-order valence-corrected chi connectivity index (χ0v) is 9.40. The topological polar surface area (TPSA) is 96.9 Å². The van der Waals surface area contributed by atoms with Gasteiger partial charge in [-0.1, -0.05) is 0 Å². The maximum atomic E-state index is 13.3. The van der Waals surface area contributed by atoms with Gasteiger partial charge in [-0.3, -0.25) is 4.84 Å². The third-order valence-corrected chi connectivity index (χ3v) is 1.77. The molecule has 0 saturated carbocycles. The number of anilines is 1. The number of rotatable bonds is 5. The second-order valence-corrected chi connectivity index (χ2v) is 3.09. The van der Waals surface area contributed by atoms with Crippen LogP contribution < -0.4 is 15.5 Å². The highest BCUT2D eigenvalue weighted by molar-refractivity contribution is 5.88. The summed E-state index contributed by atoms with van der Waals surface area (Å²) < 4.78 is 18.0. The van der Waals surface area contributed by atoms with Crippen molar-refractivity contribution in [3.05, 3.63) is 24.0 Å². The maximum Gasteiger partial charge on any atom is 0.343 e. The predicted octanol–water partition coefficient (Wildman–Crippen LogP) is 0.972. The van der Waals surface area contributed by atoms with E-state index in [2.05, 4.69) is 10.2 Å². The van der Waals surface area contributed by atoms with E-state index in [4.69, 9.17) is 9.84 Å². The number of nitrogens with one attached hydrogen (secondary N) is 2. The van der Waals surface area contributed by atoms with E-state index in [-0.39, 0.29) is 11.4 Å². The van der Waals surface area contributed by atoms with Crippen LogP contribution in [0.4, 0.5) is 14.9 Å². The molecule has 1 aromatic rings. The number of urea groups is 1. The molecule has 0 radical (unpaired) electrons. The van der Waals surface area contributed by atoms with Gasteiger partial charge in [-0.15, -0.1) is 0 Å². The molecule has 0 saturated heterocycles. The first kappa shape index (κ1) is 13.7. The number of ether oxygens (including phenoxy) is 1. The van der Waals surface area contributed by atoms with Crippen molar-refractivity contribution >= 4 is 17.7 Å². The number of carboxylic acids is 1. The summed E-state index contributed by atoms with van der Waals surface area (Å²) in [6, 6.07) is 2.98. The quantitative estimate of drug-likeness (QED) is 0.684. The molecule has 0 aromatic heterocycles. The molecule has 0 heterocycles. The monoisotopic (exact) mass is 258 g/mol. The van der Waals surface area contributed by atoms with Gasteiger partial charge in [0.1, 0.15) is 0 Å². The van der Waals surface area contributed by atoms with Crippen molar-refractivity contribution in [2.75, 3.05) is 19.0 Å². The van der Waals surface area contributed by atoms with Crippen molar-refractivity contribution in [1.29, 1.82) is 0 Å². The highest BCUT2D eigenvalue weighted by Gasteiger charge is 2.07. The number of amides is 2. The summed E-state index contributed by atoms with van der Waals surface area (Å²) in [6.45, 7) is -0.676. The second-order valence-electron chi connectivity index (χ2n) is 3.09. The van der Waals surface area contributed by atoms with Crippen molar-refractivity contribution in [1.82, 2.24) is 5.48 Å². The van der Waals surface area contributed by atoms with Crippen molar-refractivity contribution in [3.63, 3.8) is 0 Å². The molecule has 8 heteroatoms. The summed E-state index contributed by atoms with van der Waals surface area (Å²) in [5.74, 6) is -1.82. The molecule has 18 heavy (non-hydrogen) atoms. The van der Waals surface area contributed by atoms with E-state index >= 15 is 0 Å². The second kappa shape index (κ2) is 6.40. The van der Waals surface area contributed by atoms with Gasteiger partial charge in [0.05, 0.1) is 7.11 Å². The average molecular weight is 258 g/mol. The fourth-order valence-electron chi connectivity index (χ4n) is 1.06. The molecule has 0 atom stereocenters. The predicted molar refractivity (Wildman–Crippen MR) is 58.7 cm³/mol. The van der Waals surface area contributed by atoms with Crippen LogP contribution in [0, 0.1) is 5.82 Å². The minimum atomic E-state index is -1.23. The molecule has 2 amide bonds. The number of aliphatic carboxylic acids is 1. The molecule has 0 aliphatic rings. The number of carboxylic acid groups (broad SMARTS) is 1. The van der Waals surface area contributed by atoms with E-state index in [1.807, 2.05) is 5.48 Å². The molecule has 0 bridgehead atoms. The lowest BCUT2D eigenvalue weighted by Crippen LogP contribution is -2.30. The van der Waals surface area contributed by atoms with Crippen LogP contribution in [0.5, 0.6) is 5.75 Å². The van der Waals surface area contributed by atoms with Crippen molar-refractivity contribution in [3.8, 4) is 5.75 Å². The first-order valence-corrected chi connectivity index (χ1v) is 4.77. The molecule has 1 aromatic carbocycles. The minimum absolute atomic E-state index is 0.0445. The largest absolute Gasteiger partial charge is 0.494 e. The number of halogens is 1. The molecule has 1 rings (SSSR count). The first-order valence-electron chi connectivity index (χ1n) is 4.77. The van der Waals surface area contributed by atoms with E-state index in [1.165, 1.54) is 19.2 Å². The molecule has 0 aliphatic carbocycles. The normalized spacial score (nSPS) is 9.67. The Morgan fingerprint density at radius 1 is 1.44 bits per heavy atom. The fourth-order valence-corrected chi connectivity index (χ4v) is 1.06. The number of hydroxylamine groups is 1. The zero-order valence-electron chi connectivity index (χ0n) is 9.40. The molecule has 0 aliphatic heterocycles. The number of hydrogen-bond donors (Lipinski definition) is 3. The lowest BCUT2D eigenvalue weighted by atomic mass is 10.3. The maximum absolute atomic E-state index is 13.3. The third-order valence-electron chi connectivity index (χ3n) is 1.77. The Hall–Kier alpha value is -2.35. The van der Waals surface area contributed by atoms with E-state index < -0.39 is 24.4 Å². The minimum Gasteiger partial charge on any atom is -0.494 e. The Kier molecular flexibility index (Phi) is 4.88. The van der Waals surface area contributed by atoms with Crippen LogP contribution in [-0.2, 0) is 9.63 Å². The molecule has 0 fully saturated rings. The van der Waals surface area contributed by atoms with Crippen molar-refractivity contribution in [2.45, 2.75) is 0 Å². The van der Waals surface area contributed by atoms with Gasteiger partial charge in [-0.05, 0) is 12.1 Å². The average Bonchev–Trinajstić information content (AvgIpc) is 2.28. The van der Waals surface area contributed by atoms with Crippen LogP contribution in [0.15, 0.2) is 18.2 Å². The van der Waals surface area contributed by atoms with Gasteiger partial charge >= 0.3 is 12.0 Å². The Balaban J connectivity index is 2.49. The van der Waals surface area contributed by atoms with Gasteiger partial charge in [0.2, 0.25) is 0 Å². The number of carbonyl (C=O) groups excluding carboxylic acids is 1. The Labute approximate surface area is 101 Å². The Bertz CT molecular complexity index is 452. The van der Waals surface area contributed by atoms with Crippen LogP contribution in [0.25, 0.3) is 0 Å². The molecule has 3 N–H and O–H groups in total. The van der Waals surface area contributed by atoms with E-state index in [0.29, 0.717) is 0 Å². The lowest BCUT2D eigenvalue weighted by Gasteiger charge is -2.08. The van der Waals surface area contributed by atoms with Gasteiger partial charge in [0.25, 0.3) is 0 Å². The molecule has 98 valence electrons. The van der Waals surface area contributed by atoms with Crippen LogP contribution in [0.2, 0.25) is 0 Å². The molecule has 0 unspecified atom stereocenters. The fraction of sp³-hybridized carbons (Fsp3) is 0.200. The number of carbonyl (C=O) groups is 2. The third kappa shape index (κ3) is 4.26. The van der Waals surface area contributed by atoms with Gasteiger partial charge in [-0.2, -0.15) is 0 Å². The van der Waals surface area contributed by atoms with E-state index in [9.17, 15) is 14.0 Å². The molecule has 0 spiro atoms. The first-order chi connectivity index (χ1) is 8.52. The molecule has 7 nitrogen and oxygen atoms in total. The standard InChI is InChI=1S/C10H11FN2O5/c1-17-8-3-2-6(4-7(8)11)12-10(16)13-18-5-9(14)15/h2-4H,5H2,1H3,(H,14,15)(H2,12,13,16). The number of hydrogen-bond acceptors (Lipinski definition) is 4.